The number of ether oxygens (including phenoxy) is 1. The van der Waals surface area contributed by atoms with E-state index in [4.69, 9.17) is 10.5 Å². The Morgan fingerprint density at radius 1 is 1.35 bits per heavy atom. The molecule has 106 valence electrons. The van der Waals surface area contributed by atoms with Crippen LogP contribution in [-0.2, 0) is 4.74 Å². The summed E-state index contributed by atoms with van der Waals surface area (Å²) in [7, 11) is 0. The smallest absolute Gasteiger partial charge is 0.412 e. The molecule has 6 nitrogen and oxygen atoms in total. The number of carbonyl (C=O) groups excluding carboxylic acids is 1. The number of anilines is 2. The number of hydrogen-bond acceptors (Lipinski definition) is 4. The number of nitrogens with two attached hydrogens (primary N) is 1. The molecule has 0 saturated heterocycles. The molecule has 0 radical (unpaired) electrons. The maximum Gasteiger partial charge on any atom is 0.412 e. The molecule has 0 saturated carbocycles. The predicted octanol–water partition coefficient (Wildman–Crippen LogP) is 3.01. The van der Waals surface area contributed by atoms with Crippen LogP contribution < -0.4 is 11.1 Å². The van der Waals surface area contributed by atoms with Gasteiger partial charge in [0.05, 0.1) is 17.6 Å². The SMILES string of the molecule is CC(C)(C)OC(=O)Nc1ccccc1-c1cnc(N)[nH]1. The lowest BCUT2D eigenvalue weighted by molar-refractivity contribution is 0.0636. The molecule has 0 aliphatic heterocycles. The van der Waals surface area contributed by atoms with Crippen LogP contribution in [0.5, 0.6) is 0 Å². The van der Waals surface area contributed by atoms with Gasteiger partial charge in [0, 0.05) is 5.56 Å². The summed E-state index contributed by atoms with van der Waals surface area (Å²) in [5, 5.41) is 2.73. The zero-order valence-corrected chi connectivity index (χ0v) is 11.7. The van der Waals surface area contributed by atoms with Crippen LogP contribution >= 0.6 is 0 Å². The number of nitrogens with zero attached hydrogens (tertiary/aromatic N) is 1. The molecule has 0 atom stereocenters. The van der Waals surface area contributed by atoms with E-state index in [1.165, 1.54) is 0 Å². The van der Waals surface area contributed by atoms with Gasteiger partial charge in [0.2, 0.25) is 0 Å². The highest BCUT2D eigenvalue weighted by atomic mass is 16.6. The van der Waals surface area contributed by atoms with E-state index < -0.39 is 11.7 Å². The first-order valence-corrected chi connectivity index (χ1v) is 6.25. The number of imidazole rings is 1. The molecule has 0 aliphatic carbocycles. The average Bonchev–Trinajstić information content (AvgIpc) is 2.74. The van der Waals surface area contributed by atoms with E-state index in [-0.39, 0.29) is 0 Å². The molecule has 20 heavy (non-hydrogen) atoms. The summed E-state index contributed by atoms with van der Waals surface area (Å²) in [6, 6.07) is 7.35. The second-order valence-electron chi connectivity index (χ2n) is 5.35. The van der Waals surface area contributed by atoms with Crippen molar-refractivity contribution in [2.45, 2.75) is 26.4 Å². The van der Waals surface area contributed by atoms with Crippen molar-refractivity contribution < 1.29 is 9.53 Å². The molecule has 1 aromatic heterocycles. The van der Waals surface area contributed by atoms with Gasteiger partial charge in [-0.1, -0.05) is 18.2 Å². The van der Waals surface area contributed by atoms with Crippen LogP contribution in [0.4, 0.5) is 16.4 Å². The van der Waals surface area contributed by atoms with Gasteiger partial charge in [-0.15, -0.1) is 0 Å². The summed E-state index contributed by atoms with van der Waals surface area (Å²) in [6.07, 6.45) is 1.11. The molecular weight excluding hydrogens is 256 g/mol. The third kappa shape index (κ3) is 3.50. The van der Waals surface area contributed by atoms with Gasteiger partial charge < -0.3 is 15.5 Å². The second kappa shape index (κ2) is 5.24. The van der Waals surface area contributed by atoms with Gasteiger partial charge in [0.25, 0.3) is 0 Å². The lowest BCUT2D eigenvalue weighted by Gasteiger charge is -2.20. The third-order valence-corrected chi connectivity index (χ3v) is 2.45. The fourth-order valence-electron chi connectivity index (χ4n) is 1.71. The van der Waals surface area contributed by atoms with Crippen LogP contribution in [0.15, 0.2) is 30.5 Å². The number of carbonyl (C=O) groups is 1. The van der Waals surface area contributed by atoms with Gasteiger partial charge in [-0.3, -0.25) is 5.32 Å². The van der Waals surface area contributed by atoms with E-state index in [1.54, 1.807) is 12.3 Å². The minimum Gasteiger partial charge on any atom is -0.444 e. The molecule has 2 rings (SSSR count). The number of hydrogen-bond donors (Lipinski definition) is 3. The topological polar surface area (TPSA) is 93.0 Å². The van der Waals surface area contributed by atoms with Gasteiger partial charge >= 0.3 is 6.09 Å². The largest absolute Gasteiger partial charge is 0.444 e. The maximum absolute atomic E-state index is 11.8. The summed E-state index contributed by atoms with van der Waals surface area (Å²) in [5.41, 5.74) is 7.18. The van der Waals surface area contributed by atoms with Crippen molar-refractivity contribution in [1.29, 1.82) is 0 Å². The maximum atomic E-state index is 11.8. The van der Waals surface area contributed by atoms with Crippen molar-refractivity contribution in [3.8, 4) is 11.3 Å². The van der Waals surface area contributed by atoms with Gasteiger partial charge in [0.1, 0.15) is 5.60 Å². The molecule has 0 unspecified atom stereocenters. The Labute approximate surface area is 117 Å². The molecule has 0 spiro atoms. The normalized spacial score (nSPS) is 11.2. The highest BCUT2D eigenvalue weighted by Crippen LogP contribution is 2.27. The fraction of sp³-hybridized carbons (Fsp3) is 0.286. The number of nitrogens with one attached hydrogen (secondary N) is 2. The molecule has 1 heterocycles. The van der Waals surface area contributed by atoms with Crippen molar-refractivity contribution in [3.63, 3.8) is 0 Å². The van der Waals surface area contributed by atoms with Gasteiger partial charge in [-0.2, -0.15) is 0 Å². The summed E-state index contributed by atoms with van der Waals surface area (Å²) in [6.45, 7) is 5.44. The molecule has 0 aliphatic rings. The van der Waals surface area contributed by atoms with Crippen molar-refractivity contribution in [2.24, 2.45) is 0 Å². The highest BCUT2D eigenvalue weighted by molar-refractivity contribution is 5.91. The van der Waals surface area contributed by atoms with E-state index in [0.29, 0.717) is 11.6 Å². The minimum absolute atomic E-state index is 0.326. The highest BCUT2D eigenvalue weighted by Gasteiger charge is 2.17. The number of H-pyrrole nitrogens is 1. The van der Waals surface area contributed by atoms with Crippen LogP contribution in [0.1, 0.15) is 20.8 Å². The summed E-state index contributed by atoms with van der Waals surface area (Å²) in [4.78, 5) is 18.7. The predicted molar refractivity (Wildman–Crippen MR) is 78.3 cm³/mol. The van der Waals surface area contributed by atoms with Gasteiger partial charge in [0.15, 0.2) is 5.95 Å². The fourth-order valence-corrected chi connectivity index (χ4v) is 1.71. The Kier molecular flexibility index (Phi) is 3.65. The number of benzene rings is 1. The van der Waals surface area contributed by atoms with Gasteiger partial charge in [-0.05, 0) is 26.8 Å². The monoisotopic (exact) mass is 274 g/mol. The van der Waals surface area contributed by atoms with Crippen LogP contribution in [0, 0.1) is 0 Å². The summed E-state index contributed by atoms with van der Waals surface area (Å²) < 4.78 is 5.24. The minimum atomic E-state index is -0.544. The first-order valence-electron chi connectivity index (χ1n) is 6.25. The van der Waals surface area contributed by atoms with Crippen molar-refractivity contribution in [3.05, 3.63) is 30.5 Å². The zero-order valence-electron chi connectivity index (χ0n) is 11.7. The first-order chi connectivity index (χ1) is 9.35. The number of para-hydroxylation sites is 1. The Morgan fingerprint density at radius 2 is 2.05 bits per heavy atom. The Morgan fingerprint density at radius 3 is 2.65 bits per heavy atom. The van der Waals surface area contributed by atoms with E-state index in [1.807, 2.05) is 39.0 Å². The molecule has 2 aromatic rings. The Bertz CT molecular complexity index is 614. The number of aromatic amines is 1. The van der Waals surface area contributed by atoms with Crippen LogP contribution in [0.25, 0.3) is 11.3 Å². The molecule has 0 bridgehead atoms. The molecule has 1 amide bonds. The van der Waals surface area contributed by atoms with Crippen LogP contribution in [0.2, 0.25) is 0 Å². The van der Waals surface area contributed by atoms with Crippen molar-refractivity contribution in [1.82, 2.24) is 9.97 Å². The van der Waals surface area contributed by atoms with Crippen LogP contribution in [-0.4, -0.2) is 21.7 Å². The zero-order chi connectivity index (χ0) is 14.8. The Balaban J connectivity index is 2.23. The quantitative estimate of drug-likeness (QED) is 0.784. The van der Waals surface area contributed by atoms with Crippen molar-refractivity contribution in [2.75, 3.05) is 11.1 Å². The Hall–Kier alpha value is -2.50. The van der Waals surface area contributed by atoms with E-state index in [9.17, 15) is 4.79 Å². The third-order valence-electron chi connectivity index (χ3n) is 2.45. The number of aromatic nitrogens is 2. The summed E-state index contributed by atoms with van der Waals surface area (Å²) >= 11 is 0. The van der Waals surface area contributed by atoms with E-state index in [0.717, 1.165) is 11.3 Å². The lowest BCUT2D eigenvalue weighted by atomic mass is 10.1. The molecule has 4 N–H and O–H groups in total. The van der Waals surface area contributed by atoms with E-state index in [2.05, 4.69) is 15.3 Å². The second-order valence-corrected chi connectivity index (χ2v) is 5.35. The number of amides is 1. The molecule has 6 heteroatoms. The summed E-state index contributed by atoms with van der Waals surface area (Å²) in [5.74, 6) is 0.326. The van der Waals surface area contributed by atoms with Gasteiger partial charge in [-0.25, -0.2) is 9.78 Å². The van der Waals surface area contributed by atoms with Crippen molar-refractivity contribution >= 4 is 17.7 Å². The molecular formula is C14H18N4O2. The number of nitrogen functional groups attached to an aromatic ring is 1. The standard InChI is InChI=1S/C14H18N4O2/c1-14(2,3)20-13(19)18-10-7-5-4-6-9(10)11-8-16-12(15)17-11/h4-8H,1-3H3,(H,18,19)(H3,15,16,17). The molecule has 1 aromatic carbocycles. The van der Waals surface area contributed by atoms with Crippen LogP contribution in [0.3, 0.4) is 0 Å². The molecule has 0 fully saturated rings. The van der Waals surface area contributed by atoms with E-state index >= 15 is 0 Å². The number of rotatable bonds is 2. The first kappa shape index (κ1) is 13.9. The lowest BCUT2D eigenvalue weighted by Crippen LogP contribution is -2.27. The average molecular weight is 274 g/mol.